The summed E-state index contributed by atoms with van der Waals surface area (Å²) in [7, 11) is 0. The maximum atomic E-state index is 11.7. The van der Waals surface area contributed by atoms with Crippen molar-refractivity contribution in [1.82, 2.24) is 15.3 Å². The van der Waals surface area contributed by atoms with E-state index in [0.29, 0.717) is 18.2 Å². The van der Waals surface area contributed by atoms with Crippen molar-refractivity contribution >= 4 is 5.91 Å². The first-order valence-corrected chi connectivity index (χ1v) is 7.49. The maximum Gasteiger partial charge on any atom is 0.258 e. The molecule has 1 aromatic heterocycles. The molecule has 5 heteroatoms. The number of amides is 1. The van der Waals surface area contributed by atoms with E-state index in [-0.39, 0.29) is 12.5 Å². The second kappa shape index (κ2) is 8.12. The third kappa shape index (κ3) is 4.84. The minimum absolute atomic E-state index is 0.0333. The molecular weight excluding hydrogens is 278 g/mol. The first-order valence-electron chi connectivity index (χ1n) is 7.49. The molecule has 116 valence electrons. The van der Waals surface area contributed by atoms with Crippen LogP contribution in [0.4, 0.5) is 0 Å². The molecule has 5 nitrogen and oxygen atoms in total. The van der Waals surface area contributed by atoms with Crippen LogP contribution in [0.3, 0.4) is 0 Å². The van der Waals surface area contributed by atoms with E-state index in [9.17, 15) is 4.79 Å². The summed E-state index contributed by atoms with van der Waals surface area (Å²) in [5, 5.41) is 2.81. The molecule has 0 aliphatic rings. The van der Waals surface area contributed by atoms with Crippen LogP contribution >= 0.6 is 0 Å². The number of aromatic nitrogens is 2. The molecule has 0 aliphatic heterocycles. The van der Waals surface area contributed by atoms with Crippen LogP contribution in [0.2, 0.25) is 0 Å². The van der Waals surface area contributed by atoms with Crippen LogP contribution in [0.1, 0.15) is 25.5 Å². The smallest absolute Gasteiger partial charge is 0.258 e. The molecule has 1 heterocycles. The summed E-state index contributed by atoms with van der Waals surface area (Å²) >= 11 is 0. The van der Waals surface area contributed by atoms with Gasteiger partial charge in [0.25, 0.3) is 5.91 Å². The Hall–Kier alpha value is -2.43. The molecular formula is C17H21N3O2. The third-order valence-electron chi connectivity index (χ3n) is 3.07. The Kier molecular flexibility index (Phi) is 5.89. The summed E-state index contributed by atoms with van der Waals surface area (Å²) in [6.45, 7) is 4.60. The molecule has 2 aromatic rings. The Morgan fingerprint density at radius 2 is 2.00 bits per heavy atom. The van der Waals surface area contributed by atoms with E-state index < -0.39 is 0 Å². The van der Waals surface area contributed by atoms with Gasteiger partial charge in [0.05, 0.1) is 0 Å². The predicted molar refractivity (Wildman–Crippen MR) is 85.6 cm³/mol. The van der Waals surface area contributed by atoms with Crippen molar-refractivity contribution in [3.8, 4) is 17.3 Å². The van der Waals surface area contributed by atoms with E-state index in [1.165, 1.54) is 0 Å². The second-order valence-electron chi connectivity index (χ2n) is 5.03. The van der Waals surface area contributed by atoms with Gasteiger partial charge in [0.15, 0.2) is 12.4 Å². The van der Waals surface area contributed by atoms with E-state index in [1.54, 1.807) is 6.07 Å². The van der Waals surface area contributed by atoms with E-state index in [2.05, 4.69) is 22.2 Å². The molecule has 22 heavy (non-hydrogen) atoms. The normalized spacial score (nSPS) is 10.3. The molecule has 0 aliphatic carbocycles. The van der Waals surface area contributed by atoms with Gasteiger partial charge in [-0.15, -0.1) is 0 Å². The summed E-state index contributed by atoms with van der Waals surface area (Å²) in [6.07, 6.45) is 2.02. The van der Waals surface area contributed by atoms with Crippen molar-refractivity contribution in [3.05, 3.63) is 42.1 Å². The van der Waals surface area contributed by atoms with Gasteiger partial charge in [0.2, 0.25) is 5.88 Å². The lowest BCUT2D eigenvalue weighted by atomic mass is 10.2. The van der Waals surface area contributed by atoms with Gasteiger partial charge in [-0.2, -0.15) is 4.98 Å². The van der Waals surface area contributed by atoms with Crippen LogP contribution in [0.15, 0.2) is 36.4 Å². The average molecular weight is 299 g/mol. The van der Waals surface area contributed by atoms with Crippen molar-refractivity contribution in [2.24, 2.45) is 0 Å². The summed E-state index contributed by atoms with van der Waals surface area (Å²) in [5.41, 5.74) is 1.72. The maximum absolute atomic E-state index is 11.7. The number of nitrogens with one attached hydrogen (secondary N) is 1. The van der Waals surface area contributed by atoms with E-state index in [0.717, 1.165) is 24.1 Å². The van der Waals surface area contributed by atoms with Crippen molar-refractivity contribution < 1.29 is 9.53 Å². The van der Waals surface area contributed by atoms with Gasteiger partial charge >= 0.3 is 0 Å². The highest BCUT2D eigenvalue weighted by molar-refractivity contribution is 5.77. The molecule has 1 aromatic carbocycles. The zero-order chi connectivity index (χ0) is 15.8. The second-order valence-corrected chi connectivity index (χ2v) is 5.03. The molecule has 0 radical (unpaired) electrons. The van der Waals surface area contributed by atoms with Crippen molar-refractivity contribution in [2.75, 3.05) is 13.2 Å². The number of ether oxygens (including phenoxy) is 1. The Morgan fingerprint density at radius 3 is 2.73 bits per heavy atom. The van der Waals surface area contributed by atoms with Crippen LogP contribution in [-0.4, -0.2) is 29.0 Å². The van der Waals surface area contributed by atoms with Crippen LogP contribution in [0.5, 0.6) is 5.88 Å². The lowest BCUT2D eigenvalue weighted by Crippen LogP contribution is -2.29. The average Bonchev–Trinajstić information content (AvgIpc) is 2.53. The quantitative estimate of drug-likeness (QED) is 0.798. The van der Waals surface area contributed by atoms with E-state index in [1.807, 2.05) is 37.3 Å². The molecule has 0 bridgehead atoms. The summed E-state index contributed by atoms with van der Waals surface area (Å²) in [4.78, 5) is 20.4. The number of carbonyl (C=O) groups excluding carboxylic acids is 1. The van der Waals surface area contributed by atoms with Gasteiger partial charge in [-0.25, -0.2) is 4.98 Å². The Bertz CT molecular complexity index is 615. The van der Waals surface area contributed by atoms with Crippen molar-refractivity contribution in [3.63, 3.8) is 0 Å². The lowest BCUT2D eigenvalue weighted by molar-refractivity contribution is -0.123. The predicted octanol–water partition coefficient (Wildman–Crippen LogP) is 2.75. The molecule has 0 unspecified atom stereocenters. The van der Waals surface area contributed by atoms with Gasteiger partial charge in [0.1, 0.15) is 0 Å². The third-order valence-corrected chi connectivity index (χ3v) is 3.07. The first kappa shape index (κ1) is 15.9. The summed E-state index contributed by atoms with van der Waals surface area (Å²) in [5.74, 6) is 0.880. The van der Waals surface area contributed by atoms with E-state index >= 15 is 0 Å². The van der Waals surface area contributed by atoms with Crippen molar-refractivity contribution in [1.29, 1.82) is 0 Å². The lowest BCUT2D eigenvalue weighted by Gasteiger charge is -2.08. The number of hydrogen-bond acceptors (Lipinski definition) is 4. The Labute approximate surface area is 130 Å². The largest absolute Gasteiger partial charge is 0.467 e. The topological polar surface area (TPSA) is 64.1 Å². The number of hydrogen-bond donors (Lipinski definition) is 1. The van der Waals surface area contributed by atoms with Gasteiger partial charge < -0.3 is 10.1 Å². The van der Waals surface area contributed by atoms with Gasteiger partial charge in [0, 0.05) is 23.9 Å². The highest BCUT2D eigenvalue weighted by Gasteiger charge is 2.07. The minimum atomic E-state index is -0.133. The zero-order valence-electron chi connectivity index (χ0n) is 13.0. The standard InChI is InChI=1S/C17H21N3O2/c1-3-4-10-18-15(21)12-22-16-11-13(2)19-17(20-16)14-8-6-5-7-9-14/h5-9,11H,3-4,10,12H2,1-2H3,(H,18,21). The molecule has 0 spiro atoms. The fraction of sp³-hybridized carbons (Fsp3) is 0.353. The molecule has 1 amide bonds. The number of aryl methyl sites for hydroxylation is 1. The van der Waals surface area contributed by atoms with Crippen LogP contribution < -0.4 is 10.1 Å². The fourth-order valence-corrected chi connectivity index (χ4v) is 1.93. The van der Waals surface area contributed by atoms with Gasteiger partial charge in [-0.1, -0.05) is 43.7 Å². The number of carbonyl (C=O) groups is 1. The summed E-state index contributed by atoms with van der Waals surface area (Å²) < 4.78 is 5.48. The first-order chi connectivity index (χ1) is 10.7. The molecule has 2 rings (SSSR count). The number of benzene rings is 1. The molecule has 0 atom stereocenters. The molecule has 0 saturated heterocycles. The van der Waals surface area contributed by atoms with Crippen LogP contribution in [-0.2, 0) is 4.79 Å². The highest BCUT2D eigenvalue weighted by Crippen LogP contribution is 2.18. The molecule has 0 fully saturated rings. The van der Waals surface area contributed by atoms with Crippen LogP contribution in [0, 0.1) is 6.92 Å². The van der Waals surface area contributed by atoms with E-state index in [4.69, 9.17) is 4.74 Å². The van der Waals surface area contributed by atoms with Gasteiger partial charge in [-0.05, 0) is 13.3 Å². The molecule has 0 saturated carbocycles. The monoisotopic (exact) mass is 299 g/mol. The Balaban J connectivity index is 2.00. The Morgan fingerprint density at radius 1 is 1.23 bits per heavy atom. The summed E-state index contributed by atoms with van der Waals surface area (Å²) in [6, 6.07) is 11.4. The SMILES string of the molecule is CCCCNC(=O)COc1cc(C)nc(-c2ccccc2)n1. The fourth-order valence-electron chi connectivity index (χ4n) is 1.93. The van der Waals surface area contributed by atoms with Crippen molar-refractivity contribution in [2.45, 2.75) is 26.7 Å². The number of nitrogens with zero attached hydrogens (tertiary/aromatic N) is 2. The number of rotatable bonds is 7. The highest BCUT2D eigenvalue weighted by atomic mass is 16.5. The number of unbranched alkanes of at least 4 members (excludes halogenated alkanes) is 1. The minimum Gasteiger partial charge on any atom is -0.467 e. The molecule has 1 N–H and O–H groups in total. The zero-order valence-corrected chi connectivity index (χ0v) is 13.0. The van der Waals surface area contributed by atoms with Gasteiger partial charge in [-0.3, -0.25) is 4.79 Å². The van der Waals surface area contributed by atoms with Crippen LogP contribution in [0.25, 0.3) is 11.4 Å².